The molecule has 0 bridgehead atoms. The second-order valence-corrected chi connectivity index (χ2v) is 3.10. The first-order valence-corrected chi connectivity index (χ1v) is 4.80. The minimum absolute atomic E-state index is 1.03. The van der Waals surface area contributed by atoms with Crippen LogP contribution in [0.15, 0.2) is 0 Å². The van der Waals surface area contributed by atoms with Crippen molar-refractivity contribution in [1.29, 1.82) is 0 Å². The Kier molecular flexibility index (Phi) is 7.96. The molecule has 0 aromatic rings. The van der Waals surface area contributed by atoms with E-state index in [-0.39, 0.29) is 0 Å². The molecule has 0 atom stereocenters. The van der Waals surface area contributed by atoms with E-state index in [1.807, 2.05) is 5.01 Å². The van der Waals surface area contributed by atoms with Crippen molar-refractivity contribution in [3.05, 3.63) is 0 Å². The fraction of sp³-hybridized carbons (Fsp3) is 1.00. The van der Waals surface area contributed by atoms with Crippen LogP contribution in [0.3, 0.4) is 0 Å². The molecule has 0 aromatic heterocycles. The van der Waals surface area contributed by atoms with Gasteiger partial charge in [0.15, 0.2) is 0 Å². The molecule has 11 heavy (non-hydrogen) atoms. The van der Waals surface area contributed by atoms with Gasteiger partial charge in [-0.05, 0) is 12.8 Å². The molecule has 2 N–H and O–H groups in total. The molecule has 0 fully saturated rings. The first kappa shape index (κ1) is 10.9. The molecule has 0 heterocycles. The fourth-order valence-corrected chi connectivity index (χ4v) is 1.14. The Labute approximate surface area is 70.7 Å². The summed E-state index contributed by atoms with van der Waals surface area (Å²) in [5.41, 5.74) is 0. The van der Waals surface area contributed by atoms with Crippen LogP contribution in [0.25, 0.3) is 0 Å². The molecular formula is C9H22N2. The van der Waals surface area contributed by atoms with Gasteiger partial charge in [0.1, 0.15) is 0 Å². The van der Waals surface area contributed by atoms with Gasteiger partial charge in [-0.25, -0.2) is 5.01 Å². The molecule has 0 amide bonds. The molecular weight excluding hydrogens is 136 g/mol. The van der Waals surface area contributed by atoms with Gasteiger partial charge in [-0.3, -0.25) is 5.84 Å². The van der Waals surface area contributed by atoms with Crippen LogP contribution in [0.4, 0.5) is 0 Å². The van der Waals surface area contributed by atoms with E-state index in [9.17, 15) is 0 Å². The summed E-state index contributed by atoms with van der Waals surface area (Å²) in [4.78, 5) is 0. The average molecular weight is 158 g/mol. The number of nitrogens with zero attached hydrogens (tertiary/aromatic N) is 1. The molecule has 0 saturated heterocycles. The number of unbranched alkanes of at least 4 members (excludes halogenated alkanes) is 3. The first-order valence-electron chi connectivity index (χ1n) is 4.80. The van der Waals surface area contributed by atoms with Crippen LogP contribution in [-0.4, -0.2) is 18.1 Å². The maximum atomic E-state index is 5.70. The Hall–Kier alpha value is -0.0800. The van der Waals surface area contributed by atoms with Crippen LogP contribution < -0.4 is 5.84 Å². The third kappa shape index (κ3) is 7.82. The van der Waals surface area contributed by atoms with E-state index in [1.54, 1.807) is 0 Å². The number of nitrogens with two attached hydrogens (primary N) is 1. The summed E-state index contributed by atoms with van der Waals surface area (Å²) in [6, 6.07) is 0. The standard InChI is InChI=1S/C9H22N2/c1-3-5-6-7-9-11(10)8-4-2/h3-10H2,1-2H3. The van der Waals surface area contributed by atoms with Crippen molar-refractivity contribution in [2.75, 3.05) is 13.1 Å². The lowest BCUT2D eigenvalue weighted by Gasteiger charge is -2.14. The third-order valence-corrected chi connectivity index (χ3v) is 1.81. The Balaban J connectivity index is 2.97. The van der Waals surface area contributed by atoms with E-state index in [0.717, 1.165) is 19.5 Å². The second kappa shape index (κ2) is 8.02. The highest BCUT2D eigenvalue weighted by molar-refractivity contribution is 4.48. The monoisotopic (exact) mass is 158 g/mol. The van der Waals surface area contributed by atoms with Crippen molar-refractivity contribution < 1.29 is 0 Å². The van der Waals surface area contributed by atoms with Gasteiger partial charge in [0.25, 0.3) is 0 Å². The normalized spacial score (nSPS) is 10.9. The lowest BCUT2D eigenvalue weighted by molar-refractivity contribution is 0.276. The van der Waals surface area contributed by atoms with Gasteiger partial charge in [-0.1, -0.05) is 33.1 Å². The van der Waals surface area contributed by atoms with Crippen molar-refractivity contribution in [3.8, 4) is 0 Å². The lowest BCUT2D eigenvalue weighted by Crippen LogP contribution is -2.32. The van der Waals surface area contributed by atoms with E-state index in [4.69, 9.17) is 5.84 Å². The van der Waals surface area contributed by atoms with Crippen molar-refractivity contribution in [3.63, 3.8) is 0 Å². The van der Waals surface area contributed by atoms with E-state index in [0.29, 0.717) is 0 Å². The highest BCUT2D eigenvalue weighted by Crippen LogP contribution is 1.99. The van der Waals surface area contributed by atoms with E-state index in [2.05, 4.69) is 13.8 Å². The summed E-state index contributed by atoms with van der Waals surface area (Å²) in [6.07, 6.45) is 6.39. The lowest BCUT2D eigenvalue weighted by atomic mass is 10.2. The number of hydrazine groups is 1. The number of rotatable bonds is 7. The van der Waals surface area contributed by atoms with Crippen molar-refractivity contribution in [2.24, 2.45) is 5.84 Å². The zero-order valence-electron chi connectivity index (χ0n) is 7.97. The SMILES string of the molecule is CCCCCCN(N)CCC. The van der Waals surface area contributed by atoms with E-state index < -0.39 is 0 Å². The van der Waals surface area contributed by atoms with Gasteiger partial charge in [0.05, 0.1) is 0 Å². The Morgan fingerprint density at radius 2 is 1.64 bits per heavy atom. The van der Waals surface area contributed by atoms with Crippen LogP contribution in [0, 0.1) is 0 Å². The smallest absolute Gasteiger partial charge is 0.0128 e. The first-order chi connectivity index (χ1) is 5.31. The van der Waals surface area contributed by atoms with Gasteiger partial charge in [-0.2, -0.15) is 0 Å². The van der Waals surface area contributed by atoms with Crippen molar-refractivity contribution in [1.82, 2.24) is 5.01 Å². The zero-order valence-corrected chi connectivity index (χ0v) is 7.97. The Morgan fingerprint density at radius 3 is 2.18 bits per heavy atom. The number of hydrogen-bond donors (Lipinski definition) is 1. The van der Waals surface area contributed by atoms with Gasteiger partial charge in [0, 0.05) is 13.1 Å². The molecule has 2 heteroatoms. The molecule has 0 spiro atoms. The molecule has 0 radical (unpaired) electrons. The van der Waals surface area contributed by atoms with Gasteiger partial charge in [0.2, 0.25) is 0 Å². The third-order valence-electron chi connectivity index (χ3n) is 1.81. The number of hydrogen-bond acceptors (Lipinski definition) is 2. The Morgan fingerprint density at radius 1 is 0.909 bits per heavy atom. The summed E-state index contributed by atoms with van der Waals surface area (Å²) < 4.78 is 0. The fourth-order valence-electron chi connectivity index (χ4n) is 1.14. The van der Waals surface area contributed by atoms with Crippen LogP contribution >= 0.6 is 0 Å². The zero-order chi connectivity index (χ0) is 8.53. The summed E-state index contributed by atoms with van der Waals surface area (Å²) in [5, 5.41) is 1.93. The summed E-state index contributed by atoms with van der Waals surface area (Å²) in [6.45, 7) is 6.48. The van der Waals surface area contributed by atoms with Gasteiger partial charge < -0.3 is 0 Å². The van der Waals surface area contributed by atoms with Gasteiger partial charge in [-0.15, -0.1) is 0 Å². The highest BCUT2D eigenvalue weighted by Gasteiger charge is 1.95. The largest absolute Gasteiger partial charge is 0.269 e. The predicted molar refractivity (Wildman–Crippen MR) is 50.2 cm³/mol. The molecule has 0 aliphatic rings. The summed E-state index contributed by atoms with van der Waals surface area (Å²) in [5.74, 6) is 5.70. The maximum absolute atomic E-state index is 5.70. The maximum Gasteiger partial charge on any atom is 0.0128 e. The molecule has 0 aliphatic heterocycles. The van der Waals surface area contributed by atoms with Crippen LogP contribution in [-0.2, 0) is 0 Å². The predicted octanol–water partition coefficient (Wildman–Crippen LogP) is 2.15. The average Bonchev–Trinajstić information content (AvgIpc) is 1.99. The molecule has 68 valence electrons. The second-order valence-electron chi connectivity index (χ2n) is 3.10. The quantitative estimate of drug-likeness (QED) is 0.349. The molecule has 0 aliphatic carbocycles. The van der Waals surface area contributed by atoms with E-state index in [1.165, 1.54) is 25.7 Å². The molecule has 0 rings (SSSR count). The highest BCUT2D eigenvalue weighted by atomic mass is 15.4. The molecule has 0 aromatic carbocycles. The molecule has 0 unspecified atom stereocenters. The van der Waals surface area contributed by atoms with Crippen LogP contribution in [0.1, 0.15) is 46.0 Å². The Bertz CT molecular complexity index is 74.0. The minimum atomic E-state index is 1.03. The van der Waals surface area contributed by atoms with Crippen molar-refractivity contribution in [2.45, 2.75) is 46.0 Å². The van der Waals surface area contributed by atoms with E-state index >= 15 is 0 Å². The summed E-state index contributed by atoms with van der Waals surface area (Å²) in [7, 11) is 0. The molecule has 0 saturated carbocycles. The van der Waals surface area contributed by atoms with Crippen LogP contribution in [0.5, 0.6) is 0 Å². The summed E-state index contributed by atoms with van der Waals surface area (Å²) >= 11 is 0. The molecule has 2 nitrogen and oxygen atoms in total. The topological polar surface area (TPSA) is 29.3 Å². The minimum Gasteiger partial charge on any atom is -0.269 e. The van der Waals surface area contributed by atoms with Crippen molar-refractivity contribution >= 4 is 0 Å². The van der Waals surface area contributed by atoms with Gasteiger partial charge >= 0.3 is 0 Å². The van der Waals surface area contributed by atoms with Crippen LogP contribution in [0.2, 0.25) is 0 Å².